The van der Waals surface area contributed by atoms with Crippen LogP contribution in [0.2, 0.25) is 0 Å². The van der Waals surface area contributed by atoms with Crippen molar-refractivity contribution >= 4 is 21.7 Å². The molecule has 0 amide bonds. The highest BCUT2D eigenvalue weighted by Gasteiger charge is 2.17. The molecule has 15 heavy (non-hydrogen) atoms. The van der Waals surface area contributed by atoms with Crippen molar-refractivity contribution in [2.45, 2.75) is 13.3 Å². The molecule has 0 aromatic heterocycles. The zero-order valence-electron chi connectivity index (χ0n) is 8.30. The number of carbonyl (C=O) groups excluding carboxylic acids is 1. The van der Waals surface area contributed by atoms with Gasteiger partial charge in [0.2, 0.25) is 0 Å². The summed E-state index contributed by atoms with van der Waals surface area (Å²) in [4.78, 5) is 10.9. The Balaban J connectivity index is 3.32. The van der Waals surface area contributed by atoms with Gasteiger partial charge in [0, 0.05) is 18.1 Å². The van der Waals surface area contributed by atoms with E-state index in [-0.39, 0.29) is 33.7 Å². The molecule has 0 heterocycles. The lowest BCUT2D eigenvalue weighted by Gasteiger charge is -2.10. The van der Waals surface area contributed by atoms with Gasteiger partial charge < -0.3 is 9.84 Å². The zero-order chi connectivity index (χ0) is 11.6. The number of ether oxygens (including phenoxy) is 1. The van der Waals surface area contributed by atoms with Gasteiger partial charge in [0.15, 0.2) is 11.5 Å². The van der Waals surface area contributed by atoms with Gasteiger partial charge in [-0.2, -0.15) is 0 Å². The highest BCUT2D eigenvalue weighted by atomic mass is 79.9. The van der Waals surface area contributed by atoms with E-state index < -0.39 is 5.82 Å². The molecular weight excluding hydrogens is 267 g/mol. The largest absolute Gasteiger partial charge is 0.504 e. The van der Waals surface area contributed by atoms with Crippen LogP contribution in [0.1, 0.15) is 12.5 Å². The maximum atomic E-state index is 13.4. The van der Waals surface area contributed by atoms with Crippen LogP contribution in [0.5, 0.6) is 11.5 Å². The van der Waals surface area contributed by atoms with Crippen LogP contribution in [0.25, 0.3) is 0 Å². The summed E-state index contributed by atoms with van der Waals surface area (Å²) >= 11 is 3.09. The van der Waals surface area contributed by atoms with Gasteiger partial charge in [-0.15, -0.1) is 0 Å². The molecule has 0 saturated carbocycles. The molecule has 0 radical (unpaired) electrons. The Bertz CT molecular complexity index is 404. The van der Waals surface area contributed by atoms with Gasteiger partial charge in [-0.1, -0.05) is 0 Å². The Morgan fingerprint density at radius 3 is 2.73 bits per heavy atom. The highest BCUT2D eigenvalue weighted by Crippen LogP contribution is 2.38. The molecule has 0 saturated heterocycles. The summed E-state index contributed by atoms with van der Waals surface area (Å²) in [5.74, 6) is -0.959. The number of halogens is 2. The molecule has 1 rings (SSSR count). The molecule has 1 aromatic rings. The van der Waals surface area contributed by atoms with Crippen LogP contribution in [0, 0.1) is 5.82 Å². The number of aromatic hydroxyl groups is 1. The summed E-state index contributed by atoms with van der Waals surface area (Å²) in [5.41, 5.74) is 0.192. The lowest BCUT2D eigenvalue weighted by molar-refractivity contribution is -0.116. The first kappa shape index (κ1) is 12.0. The molecular formula is C10H10BrFO3. The maximum Gasteiger partial charge on any atom is 0.175 e. The van der Waals surface area contributed by atoms with Crippen LogP contribution in [0.3, 0.4) is 0 Å². The minimum atomic E-state index is -0.629. The summed E-state index contributed by atoms with van der Waals surface area (Å²) in [6.07, 6.45) is -0.0386. The van der Waals surface area contributed by atoms with E-state index in [0.29, 0.717) is 0 Å². The van der Waals surface area contributed by atoms with Crippen molar-refractivity contribution in [3.8, 4) is 11.5 Å². The van der Waals surface area contributed by atoms with Gasteiger partial charge in [-0.25, -0.2) is 4.39 Å². The van der Waals surface area contributed by atoms with E-state index in [9.17, 15) is 14.3 Å². The normalized spacial score (nSPS) is 10.1. The number of phenolic OH excluding ortho intramolecular Hbond substituents is 1. The van der Waals surface area contributed by atoms with E-state index in [0.717, 1.165) is 6.07 Å². The Hall–Kier alpha value is -1.10. The SMILES string of the molecule is COc1c(O)cc(F)c(CC(C)=O)c1Br. The third kappa shape index (κ3) is 2.47. The van der Waals surface area contributed by atoms with Crippen molar-refractivity contribution < 1.29 is 19.0 Å². The Morgan fingerprint density at radius 2 is 2.27 bits per heavy atom. The number of methoxy groups -OCH3 is 1. The second-order valence-electron chi connectivity index (χ2n) is 3.08. The smallest absolute Gasteiger partial charge is 0.175 e. The summed E-state index contributed by atoms with van der Waals surface area (Å²) in [6, 6.07) is 0.932. The second-order valence-corrected chi connectivity index (χ2v) is 3.88. The number of benzene rings is 1. The van der Waals surface area contributed by atoms with Crippen LogP contribution < -0.4 is 4.74 Å². The molecule has 3 nitrogen and oxygen atoms in total. The fourth-order valence-corrected chi connectivity index (χ4v) is 1.93. The van der Waals surface area contributed by atoms with E-state index in [1.165, 1.54) is 14.0 Å². The van der Waals surface area contributed by atoms with Gasteiger partial charge in [-0.3, -0.25) is 4.79 Å². The molecule has 0 atom stereocenters. The van der Waals surface area contributed by atoms with Crippen molar-refractivity contribution in [3.05, 3.63) is 21.9 Å². The molecule has 0 aliphatic rings. The monoisotopic (exact) mass is 276 g/mol. The zero-order valence-corrected chi connectivity index (χ0v) is 9.89. The standard InChI is InChI=1S/C10H10BrFO3/c1-5(13)3-6-7(12)4-8(14)10(15-2)9(6)11/h4,14H,3H2,1-2H3. The minimum absolute atomic E-state index is 0.0386. The molecule has 1 N–H and O–H groups in total. The van der Waals surface area contributed by atoms with Gasteiger partial charge >= 0.3 is 0 Å². The number of phenols is 1. The molecule has 0 aliphatic heterocycles. The third-order valence-electron chi connectivity index (χ3n) is 1.88. The van der Waals surface area contributed by atoms with Crippen LogP contribution in [-0.4, -0.2) is 18.0 Å². The van der Waals surface area contributed by atoms with Crippen LogP contribution in [-0.2, 0) is 11.2 Å². The molecule has 1 aromatic carbocycles. The number of hydrogen-bond acceptors (Lipinski definition) is 3. The first-order valence-electron chi connectivity index (χ1n) is 4.20. The van der Waals surface area contributed by atoms with Crippen molar-refractivity contribution in [1.82, 2.24) is 0 Å². The average molecular weight is 277 g/mol. The van der Waals surface area contributed by atoms with Gasteiger partial charge in [-0.05, 0) is 22.9 Å². The summed E-state index contributed by atoms with van der Waals surface area (Å²) in [6.45, 7) is 1.37. The number of rotatable bonds is 3. The predicted molar refractivity (Wildman–Crippen MR) is 56.7 cm³/mol. The summed E-state index contributed by atoms with van der Waals surface area (Å²) in [5, 5.41) is 9.35. The van der Waals surface area contributed by atoms with Crippen molar-refractivity contribution in [2.75, 3.05) is 7.11 Å². The first-order valence-corrected chi connectivity index (χ1v) is 5.00. The molecule has 0 unspecified atom stereocenters. The minimum Gasteiger partial charge on any atom is -0.504 e. The Labute approximate surface area is 95.0 Å². The van der Waals surface area contributed by atoms with E-state index >= 15 is 0 Å². The van der Waals surface area contributed by atoms with Crippen molar-refractivity contribution in [2.24, 2.45) is 0 Å². The van der Waals surface area contributed by atoms with E-state index in [4.69, 9.17) is 4.74 Å². The van der Waals surface area contributed by atoms with Crippen molar-refractivity contribution in [3.63, 3.8) is 0 Å². The first-order chi connectivity index (χ1) is 6.97. The summed E-state index contributed by atoms with van der Waals surface area (Å²) in [7, 11) is 1.36. The fourth-order valence-electron chi connectivity index (χ4n) is 1.23. The van der Waals surface area contributed by atoms with E-state index in [1.54, 1.807) is 0 Å². The van der Waals surface area contributed by atoms with Crippen molar-refractivity contribution in [1.29, 1.82) is 0 Å². The highest BCUT2D eigenvalue weighted by molar-refractivity contribution is 9.10. The lowest BCUT2D eigenvalue weighted by Crippen LogP contribution is -2.02. The maximum absolute atomic E-state index is 13.4. The number of carbonyl (C=O) groups is 1. The quantitative estimate of drug-likeness (QED) is 0.923. The number of ketones is 1. The van der Waals surface area contributed by atoms with Gasteiger partial charge in [0.25, 0.3) is 0 Å². The van der Waals surface area contributed by atoms with Crippen LogP contribution in [0.4, 0.5) is 4.39 Å². The molecule has 82 valence electrons. The molecule has 5 heteroatoms. The van der Waals surface area contributed by atoms with Gasteiger partial charge in [0.05, 0.1) is 11.6 Å². The molecule has 0 fully saturated rings. The van der Waals surface area contributed by atoms with Crippen LogP contribution >= 0.6 is 15.9 Å². The van der Waals surface area contributed by atoms with E-state index in [2.05, 4.69) is 15.9 Å². The second kappa shape index (κ2) is 4.61. The Kier molecular flexibility index (Phi) is 3.68. The average Bonchev–Trinajstić information content (AvgIpc) is 2.12. The topological polar surface area (TPSA) is 46.5 Å². The van der Waals surface area contributed by atoms with Crippen LogP contribution in [0.15, 0.2) is 10.5 Å². The predicted octanol–water partition coefficient (Wildman–Crippen LogP) is 2.43. The molecule has 0 spiro atoms. The fraction of sp³-hybridized carbons (Fsp3) is 0.300. The lowest BCUT2D eigenvalue weighted by atomic mass is 10.1. The third-order valence-corrected chi connectivity index (χ3v) is 2.72. The molecule has 0 bridgehead atoms. The van der Waals surface area contributed by atoms with E-state index in [1.807, 2.05) is 0 Å². The van der Waals surface area contributed by atoms with Gasteiger partial charge in [0.1, 0.15) is 11.6 Å². The number of hydrogen-bond donors (Lipinski definition) is 1. The summed E-state index contributed by atoms with van der Waals surface area (Å²) < 4.78 is 18.5. The number of Topliss-reactive ketones (excluding diaryl/α,β-unsaturated/α-hetero) is 1. The Morgan fingerprint density at radius 1 is 1.67 bits per heavy atom. The molecule has 0 aliphatic carbocycles.